The van der Waals surface area contributed by atoms with Crippen LogP contribution >= 0.6 is 11.6 Å². The number of hydrogen-bond donors (Lipinski definition) is 1. The van der Waals surface area contributed by atoms with Gasteiger partial charge in [0.2, 0.25) is 0 Å². The molecule has 28 heavy (non-hydrogen) atoms. The number of ketones is 1. The molecule has 0 saturated heterocycles. The predicted molar refractivity (Wildman–Crippen MR) is 117 cm³/mol. The molecule has 1 aromatic rings. The van der Waals surface area contributed by atoms with Crippen LogP contribution in [-0.4, -0.2) is 10.9 Å². The van der Waals surface area contributed by atoms with E-state index < -0.39 is 0 Å². The number of aryl methyl sites for hydroxylation is 1. The minimum Gasteiger partial charge on any atom is -0.507 e. The molecule has 1 N–H and O–H groups in total. The third kappa shape index (κ3) is 4.38. The molecule has 2 aliphatic carbocycles. The van der Waals surface area contributed by atoms with E-state index in [0.29, 0.717) is 36.0 Å². The Kier molecular flexibility index (Phi) is 5.57. The number of allylic oxidation sites excluding steroid dienone is 4. The molecule has 1 aromatic carbocycles. The number of halogens is 1. The highest BCUT2D eigenvalue weighted by Gasteiger charge is 2.33. The average Bonchev–Trinajstić information content (AvgIpc) is 3.33. The lowest BCUT2D eigenvalue weighted by Crippen LogP contribution is -2.18. The molecule has 0 aliphatic heterocycles. The van der Waals surface area contributed by atoms with Crippen LogP contribution in [0.3, 0.4) is 0 Å². The lowest BCUT2D eigenvalue weighted by atomic mass is 9.78. The van der Waals surface area contributed by atoms with Gasteiger partial charge in [-0.3, -0.25) is 4.79 Å². The van der Waals surface area contributed by atoms with E-state index in [1.54, 1.807) is 0 Å². The molecule has 152 valence electrons. The van der Waals surface area contributed by atoms with E-state index in [1.807, 2.05) is 0 Å². The van der Waals surface area contributed by atoms with E-state index in [4.69, 9.17) is 11.6 Å². The van der Waals surface area contributed by atoms with Gasteiger partial charge in [0.25, 0.3) is 0 Å². The fourth-order valence-electron chi connectivity index (χ4n) is 3.93. The van der Waals surface area contributed by atoms with Gasteiger partial charge in [-0.05, 0) is 64.7 Å². The van der Waals surface area contributed by atoms with Crippen LogP contribution in [0.15, 0.2) is 34.4 Å². The Morgan fingerprint density at radius 2 is 1.61 bits per heavy atom. The van der Waals surface area contributed by atoms with Gasteiger partial charge in [-0.2, -0.15) is 0 Å². The fraction of sp³-hybridized carbons (Fsp3) is 0.560. The summed E-state index contributed by atoms with van der Waals surface area (Å²) in [7, 11) is 0. The van der Waals surface area contributed by atoms with Crippen molar-refractivity contribution in [2.45, 2.75) is 84.5 Å². The van der Waals surface area contributed by atoms with Crippen LogP contribution in [0, 0.1) is 5.92 Å². The molecule has 3 rings (SSSR count). The van der Waals surface area contributed by atoms with E-state index in [2.05, 4.69) is 59.8 Å². The Morgan fingerprint density at radius 1 is 1.07 bits per heavy atom. The standard InChI is InChI=1S/C25H33ClO2/c1-24(2,3)19-13-15(14-20(23(19)28)25(4,5)6)7-12-21(27)18-11-10-17(22(18)26)16-8-9-16/h10,13-14,16,28H,7-9,11-12H2,1-6H3. The molecule has 0 spiro atoms. The van der Waals surface area contributed by atoms with E-state index in [-0.39, 0.29) is 16.6 Å². The summed E-state index contributed by atoms with van der Waals surface area (Å²) in [6.07, 6.45) is 6.33. The molecule has 1 fully saturated rings. The molecule has 1 saturated carbocycles. The van der Waals surface area contributed by atoms with Crippen LogP contribution in [0.2, 0.25) is 0 Å². The van der Waals surface area contributed by atoms with Gasteiger partial charge in [0.15, 0.2) is 5.78 Å². The summed E-state index contributed by atoms with van der Waals surface area (Å²) in [4.78, 5) is 12.8. The first kappa shape index (κ1) is 21.2. The van der Waals surface area contributed by atoms with Crippen molar-refractivity contribution in [1.29, 1.82) is 0 Å². The summed E-state index contributed by atoms with van der Waals surface area (Å²) in [5, 5.41) is 11.6. The van der Waals surface area contributed by atoms with Gasteiger partial charge in [0.1, 0.15) is 5.75 Å². The molecule has 3 heteroatoms. The maximum Gasteiger partial charge on any atom is 0.161 e. The highest BCUT2D eigenvalue weighted by molar-refractivity contribution is 6.35. The molecule has 0 amide bonds. The van der Waals surface area contributed by atoms with E-state index >= 15 is 0 Å². The lowest BCUT2D eigenvalue weighted by Gasteiger charge is -2.28. The number of Topliss-reactive ketones (excluding diaryl/α,β-unsaturated/α-hetero) is 1. The summed E-state index contributed by atoms with van der Waals surface area (Å²) < 4.78 is 0. The lowest BCUT2D eigenvalue weighted by molar-refractivity contribution is -0.115. The minimum atomic E-state index is -0.162. The maximum atomic E-state index is 12.8. The zero-order valence-electron chi connectivity index (χ0n) is 18.1. The van der Waals surface area contributed by atoms with Gasteiger partial charge >= 0.3 is 0 Å². The number of phenolic OH excluding ortho intramolecular Hbond substituents is 1. The molecular formula is C25H33ClO2. The minimum absolute atomic E-state index is 0.152. The van der Waals surface area contributed by atoms with Crippen LogP contribution in [0.1, 0.15) is 83.9 Å². The van der Waals surface area contributed by atoms with Crippen molar-refractivity contribution in [1.82, 2.24) is 0 Å². The predicted octanol–water partition coefficient (Wildman–Crippen LogP) is 6.72. The van der Waals surface area contributed by atoms with E-state index in [9.17, 15) is 9.90 Å². The normalized spacial score (nSPS) is 17.9. The van der Waals surface area contributed by atoms with Gasteiger partial charge in [0.05, 0.1) is 5.03 Å². The van der Waals surface area contributed by atoms with Crippen LogP contribution in [-0.2, 0) is 22.0 Å². The van der Waals surface area contributed by atoms with Crippen molar-refractivity contribution < 1.29 is 9.90 Å². The molecule has 2 nitrogen and oxygen atoms in total. The highest BCUT2D eigenvalue weighted by Crippen LogP contribution is 2.46. The summed E-state index contributed by atoms with van der Waals surface area (Å²) in [5.41, 5.74) is 4.64. The molecule has 0 bridgehead atoms. The third-order valence-corrected chi connectivity index (χ3v) is 6.27. The quantitative estimate of drug-likeness (QED) is 0.595. The van der Waals surface area contributed by atoms with Crippen molar-refractivity contribution >= 4 is 17.4 Å². The highest BCUT2D eigenvalue weighted by atomic mass is 35.5. The van der Waals surface area contributed by atoms with Crippen molar-refractivity contribution in [2.75, 3.05) is 0 Å². The SMILES string of the molecule is CC(C)(C)c1cc(CCC(=O)C2=C(Cl)C(C3CC3)=CC2)cc(C(C)(C)C)c1O. The monoisotopic (exact) mass is 400 g/mol. The first-order chi connectivity index (χ1) is 12.9. The molecule has 0 unspecified atom stereocenters. The third-order valence-electron chi connectivity index (χ3n) is 5.82. The van der Waals surface area contributed by atoms with Gasteiger partial charge in [-0.25, -0.2) is 0 Å². The second kappa shape index (κ2) is 7.37. The molecule has 0 atom stereocenters. The van der Waals surface area contributed by atoms with Crippen molar-refractivity contribution in [3.8, 4) is 5.75 Å². The molecule has 0 heterocycles. The zero-order chi connectivity index (χ0) is 20.9. The summed E-state index contributed by atoms with van der Waals surface area (Å²) in [6.45, 7) is 12.7. The van der Waals surface area contributed by atoms with Gasteiger partial charge in [-0.15, -0.1) is 0 Å². The summed E-state index contributed by atoms with van der Waals surface area (Å²) in [6, 6.07) is 4.13. The Hall–Kier alpha value is -1.54. The smallest absolute Gasteiger partial charge is 0.161 e. The zero-order valence-corrected chi connectivity index (χ0v) is 18.8. The Bertz CT molecular complexity index is 821. The number of phenols is 1. The number of carbonyl (C=O) groups is 1. The van der Waals surface area contributed by atoms with E-state index in [0.717, 1.165) is 22.3 Å². The molecular weight excluding hydrogens is 368 g/mol. The molecule has 0 aromatic heterocycles. The number of rotatable bonds is 5. The maximum absolute atomic E-state index is 12.8. The van der Waals surface area contributed by atoms with Crippen LogP contribution in [0.4, 0.5) is 0 Å². The summed E-state index contributed by atoms with van der Waals surface area (Å²) in [5.74, 6) is 1.12. The van der Waals surface area contributed by atoms with E-state index in [1.165, 1.54) is 18.4 Å². The summed E-state index contributed by atoms with van der Waals surface area (Å²) >= 11 is 6.50. The number of aromatic hydroxyl groups is 1. The largest absolute Gasteiger partial charge is 0.507 e. The molecule has 2 aliphatic rings. The first-order valence-corrected chi connectivity index (χ1v) is 10.8. The van der Waals surface area contributed by atoms with Crippen molar-refractivity contribution in [2.24, 2.45) is 5.92 Å². The number of benzene rings is 1. The number of hydrogen-bond acceptors (Lipinski definition) is 2. The second-order valence-corrected chi connectivity index (χ2v) is 10.8. The van der Waals surface area contributed by atoms with Crippen LogP contribution in [0.5, 0.6) is 5.75 Å². The average molecular weight is 401 g/mol. The second-order valence-electron chi connectivity index (χ2n) is 10.4. The van der Waals surface area contributed by atoms with Crippen LogP contribution < -0.4 is 0 Å². The molecule has 0 radical (unpaired) electrons. The Balaban J connectivity index is 1.82. The van der Waals surface area contributed by atoms with Crippen molar-refractivity contribution in [3.05, 3.63) is 51.1 Å². The van der Waals surface area contributed by atoms with Gasteiger partial charge < -0.3 is 5.11 Å². The van der Waals surface area contributed by atoms with Gasteiger partial charge in [0, 0.05) is 12.0 Å². The Morgan fingerprint density at radius 3 is 2.07 bits per heavy atom. The Labute approximate surface area is 174 Å². The number of carbonyl (C=O) groups excluding carboxylic acids is 1. The topological polar surface area (TPSA) is 37.3 Å². The van der Waals surface area contributed by atoms with Crippen molar-refractivity contribution in [3.63, 3.8) is 0 Å². The fourth-order valence-corrected chi connectivity index (χ4v) is 4.35. The van der Waals surface area contributed by atoms with Crippen LogP contribution in [0.25, 0.3) is 0 Å². The van der Waals surface area contributed by atoms with Gasteiger partial charge in [-0.1, -0.05) is 71.4 Å². The first-order valence-electron chi connectivity index (χ1n) is 10.4.